The van der Waals surface area contributed by atoms with Crippen molar-refractivity contribution in [2.45, 2.75) is 13.2 Å². The van der Waals surface area contributed by atoms with Gasteiger partial charge in [0.1, 0.15) is 11.5 Å². The molecule has 0 atom stereocenters. The van der Waals surface area contributed by atoms with Gasteiger partial charge >= 0.3 is 19.2 Å². The van der Waals surface area contributed by atoms with Crippen molar-refractivity contribution >= 4 is 29.5 Å². The zero-order chi connectivity index (χ0) is 20.0. The van der Waals surface area contributed by atoms with E-state index in [0.717, 1.165) is 18.3 Å². The van der Waals surface area contributed by atoms with Crippen LogP contribution in [0.25, 0.3) is 0 Å². The number of carbonyl (C=O) groups is 1. The van der Waals surface area contributed by atoms with Crippen LogP contribution >= 0.6 is 11.6 Å². The van der Waals surface area contributed by atoms with Crippen LogP contribution in [0.5, 0.6) is 11.5 Å². The lowest BCUT2D eigenvalue weighted by Gasteiger charge is -2.11. The van der Waals surface area contributed by atoms with E-state index in [1.165, 1.54) is 24.3 Å². The van der Waals surface area contributed by atoms with Crippen molar-refractivity contribution in [2.75, 3.05) is 5.43 Å². The Morgan fingerprint density at radius 3 is 2.44 bits per heavy atom. The van der Waals surface area contributed by atoms with Gasteiger partial charge in [-0.15, -0.1) is 0 Å². The van der Waals surface area contributed by atoms with Gasteiger partial charge in [0.2, 0.25) is 0 Å². The maximum Gasteiger partial charge on any atom is 0.387 e. The van der Waals surface area contributed by atoms with Crippen molar-refractivity contribution in [3.63, 3.8) is 0 Å². The average molecular weight is 407 g/mol. The van der Waals surface area contributed by atoms with E-state index in [2.05, 4.69) is 20.0 Å². The smallest absolute Gasteiger partial charge is 0.387 e. The fourth-order valence-corrected chi connectivity index (χ4v) is 2.13. The first kappa shape index (κ1) is 20.3. The number of hydrogen-bond donors (Lipinski definition) is 2. The van der Waals surface area contributed by atoms with E-state index in [4.69, 9.17) is 16.7 Å². The number of nitrogens with one attached hydrogen (secondary N) is 1. The first-order valence-electron chi connectivity index (χ1n) is 7.12. The quantitative estimate of drug-likeness (QED) is 0.378. The molecule has 0 aliphatic heterocycles. The molecule has 0 unspecified atom stereocenters. The van der Waals surface area contributed by atoms with E-state index in [1.54, 1.807) is 0 Å². The summed E-state index contributed by atoms with van der Waals surface area (Å²) in [5.41, 5.74) is 2.64. The Morgan fingerprint density at radius 1 is 1.11 bits per heavy atom. The molecule has 144 valence electrons. The summed E-state index contributed by atoms with van der Waals surface area (Å²) in [6.45, 7) is -6.32. The number of anilines is 1. The molecule has 0 spiro atoms. The van der Waals surface area contributed by atoms with Crippen molar-refractivity contribution in [1.29, 1.82) is 0 Å². The van der Waals surface area contributed by atoms with Gasteiger partial charge in [0.15, 0.2) is 0 Å². The number of ether oxygens (including phenoxy) is 2. The van der Waals surface area contributed by atoms with Crippen LogP contribution in [0.15, 0.2) is 41.5 Å². The van der Waals surface area contributed by atoms with E-state index in [9.17, 15) is 22.4 Å². The molecule has 2 aromatic carbocycles. The molecule has 0 saturated heterocycles. The number of rotatable bonds is 8. The molecule has 0 fully saturated rings. The number of hydrogen-bond acceptors (Lipinski definition) is 5. The van der Waals surface area contributed by atoms with E-state index in [1.807, 2.05) is 0 Å². The van der Waals surface area contributed by atoms with Gasteiger partial charge in [0, 0.05) is 11.6 Å². The van der Waals surface area contributed by atoms with Crippen molar-refractivity contribution in [2.24, 2.45) is 5.10 Å². The summed E-state index contributed by atoms with van der Waals surface area (Å²) in [7, 11) is 0. The summed E-state index contributed by atoms with van der Waals surface area (Å²) in [4.78, 5) is 11.0. The molecule has 6 nitrogen and oxygen atoms in total. The number of benzene rings is 2. The van der Waals surface area contributed by atoms with Gasteiger partial charge in [-0.25, -0.2) is 4.79 Å². The molecule has 2 aromatic rings. The van der Waals surface area contributed by atoms with Crippen molar-refractivity contribution in [3.8, 4) is 11.5 Å². The molecule has 2 N–H and O–H groups in total. The molecule has 11 heteroatoms. The van der Waals surface area contributed by atoms with Gasteiger partial charge in [-0.1, -0.05) is 11.6 Å². The summed E-state index contributed by atoms with van der Waals surface area (Å²) in [5.74, 6) is -2.04. The highest BCUT2D eigenvalue weighted by Crippen LogP contribution is 2.27. The molecule has 0 aliphatic carbocycles. The Kier molecular flexibility index (Phi) is 6.83. The second-order valence-corrected chi connectivity index (χ2v) is 5.23. The van der Waals surface area contributed by atoms with Gasteiger partial charge in [0.05, 0.1) is 22.5 Å². The third-order valence-electron chi connectivity index (χ3n) is 3.02. The molecule has 0 radical (unpaired) electrons. The molecule has 0 aliphatic rings. The minimum Gasteiger partial charge on any atom is -0.478 e. The zero-order valence-corrected chi connectivity index (χ0v) is 14.0. The third kappa shape index (κ3) is 6.03. The van der Waals surface area contributed by atoms with Crippen LogP contribution in [-0.2, 0) is 0 Å². The standard InChI is InChI=1S/C16H11ClF4N2O4/c17-12-4-2-9(5-11(12)14(24)25)23-22-7-8-1-3-10(26-15(18)19)6-13(8)27-16(20)21/h1-7,15-16,23H,(H,24,25)/b22-7-. The first-order chi connectivity index (χ1) is 12.8. The summed E-state index contributed by atoms with van der Waals surface area (Å²) >= 11 is 5.74. The molecular formula is C16H11ClF4N2O4. The molecule has 0 bridgehead atoms. The topological polar surface area (TPSA) is 80.2 Å². The van der Waals surface area contributed by atoms with E-state index < -0.39 is 24.9 Å². The summed E-state index contributed by atoms with van der Waals surface area (Å²) in [6, 6.07) is 7.18. The van der Waals surface area contributed by atoms with E-state index in [-0.39, 0.29) is 27.6 Å². The van der Waals surface area contributed by atoms with Crippen LogP contribution in [0.3, 0.4) is 0 Å². The molecule has 0 heterocycles. The highest BCUT2D eigenvalue weighted by Gasteiger charge is 2.13. The van der Waals surface area contributed by atoms with Crippen LogP contribution in [0, 0.1) is 0 Å². The van der Waals surface area contributed by atoms with Crippen LogP contribution in [0.2, 0.25) is 5.02 Å². The lowest BCUT2D eigenvalue weighted by atomic mass is 10.2. The Bertz CT molecular complexity index is 849. The monoisotopic (exact) mass is 406 g/mol. The highest BCUT2D eigenvalue weighted by molar-refractivity contribution is 6.33. The highest BCUT2D eigenvalue weighted by atomic mass is 35.5. The third-order valence-corrected chi connectivity index (χ3v) is 3.35. The molecule has 2 rings (SSSR count). The largest absolute Gasteiger partial charge is 0.478 e. The summed E-state index contributed by atoms with van der Waals surface area (Å²) in [6.07, 6.45) is 1.08. The minimum absolute atomic E-state index is 0.0271. The predicted molar refractivity (Wildman–Crippen MR) is 89.3 cm³/mol. The lowest BCUT2D eigenvalue weighted by molar-refractivity contribution is -0.0543. The minimum atomic E-state index is -3.19. The Labute approximate surface area is 155 Å². The van der Waals surface area contributed by atoms with E-state index in [0.29, 0.717) is 0 Å². The number of aromatic carboxylic acids is 1. The van der Waals surface area contributed by atoms with Gasteiger partial charge < -0.3 is 14.6 Å². The second kappa shape index (κ2) is 9.08. The average Bonchev–Trinajstić information content (AvgIpc) is 2.57. The summed E-state index contributed by atoms with van der Waals surface area (Å²) in [5, 5.41) is 12.8. The van der Waals surface area contributed by atoms with Gasteiger partial charge in [0.25, 0.3) is 0 Å². The van der Waals surface area contributed by atoms with Crippen molar-refractivity contribution in [3.05, 3.63) is 52.5 Å². The number of halogens is 5. The number of nitrogens with zero attached hydrogens (tertiary/aromatic N) is 1. The number of carboxylic acids is 1. The SMILES string of the molecule is O=C(O)c1cc(N/N=C\c2ccc(OC(F)F)cc2OC(F)F)ccc1Cl. The molecule has 0 aromatic heterocycles. The lowest BCUT2D eigenvalue weighted by Crippen LogP contribution is -2.07. The fourth-order valence-electron chi connectivity index (χ4n) is 1.93. The molecule has 0 amide bonds. The normalized spacial score (nSPS) is 11.2. The van der Waals surface area contributed by atoms with Crippen LogP contribution in [-0.4, -0.2) is 30.5 Å². The molecule has 0 saturated carbocycles. The van der Waals surface area contributed by atoms with Crippen LogP contribution < -0.4 is 14.9 Å². The predicted octanol–water partition coefficient (Wildman–Crippen LogP) is 4.69. The van der Waals surface area contributed by atoms with Crippen molar-refractivity contribution < 1.29 is 36.9 Å². The maximum atomic E-state index is 12.5. The Balaban J connectivity index is 2.20. The summed E-state index contributed by atoms with van der Waals surface area (Å²) < 4.78 is 57.8. The van der Waals surface area contributed by atoms with E-state index >= 15 is 0 Å². The van der Waals surface area contributed by atoms with Crippen LogP contribution in [0.1, 0.15) is 15.9 Å². The Morgan fingerprint density at radius 2 is 1.81 bits per heavy atom. The van der Waals surface area contributed by atoms with Gasteiger partial charge in [-0.2, -0.15) is 22.7 Å². The maximum absolute atomic E-state index is 12.5. The van der Waals surface area contributed by atoms with Crippen LogP contribution in [0.4, 0.5) is 23.2 Å². The zero-order valence-electron chi connectivity index (χ0n) is 13.2. The number of alkyl halides is 4. The molecule has 27 heavy (non-hydrogen) atoms. The van der Waals surface area contributed by atoms with Gasteiger partial charge in [-0.3, -0.25) is 5.43 Å². The number of hydrazone groups is 1. The second-order valence-electron chi connectivity index (χ2n) is 4.83. The van der Waals surface area contributed by atoms with Crippen molar-refractivity contribution in [1.82, 2.24) is 0 Å². The molecular weight excluding hydrogens is 396 g/mol. The first-order valence-corrected chi connectivity index (χ1v) is 7.49. The fraction of sp³-hybridized carbons (Fsp3) is 0.125. The van der Waals surface area contributed by atoms with Gasteiger partial charge in [-0.05, 0) is 30.3 Å². The number of carboxylic acid groups (broad SMARTS) is 1. The Hall–Kier alpha value is -3.01.